The summed E-state index contributed by atoms with van der Waals surface area (Å²) in [6, 6.07) is 9.28. The molecule has 1 aliphatic rings. The molecule has 0 atom stereocenters. The van der Waals surface area contributed by atoms with Crippen molar-refractivity contribution in [1.29, 1.82) is 5.26 Å². The van der Waals surface area contributed by atoms with Crippen molar-refractivity contribution >= 4 is 41.2 Å². The molecule has 0 bridgehead atoms. The maximum absolute atomic E-state index is 13.2. The molecule has 15 heteroatoms. The number of halogens is 4. The number of nitrogens with zero attached hydrogens (tertiary/aromatic N) is 5. The third-order valence-electron chi connectivity index (χ3n) is 5.43. The van der Waals surface area contributed by atoms with Gasteiger partial charge in [0.15, 0.2) is 0 Å². The number of methoxy groups -OCH3 is 1. The van der Waals surface area contributed by atoms with Crippen LogP contribution in [0.15, 0.2) is 42.6 Å². The minimum Gasteiger partial charge on any atom is -0.495 e. The van der Waals surface area contributed by atoms with Gasteiger partial charge >= 0.3 is 6.18 Å². The number of nitriles is 1. The highest BCUT2D eigenvalue weighted by Crippen LogP contribution is 2.37. The number of carbonyl (C=O) groups is 3. The molecule has 0 saturated heterocycles. The lowest BCUT2D eigenvalue weighted by Gasteiger charge is -2.28. The van der Waals surface area contributed by atoms with E-state index in [1.54, 1.807) is 27.9 Å². The van der Waals surface area contributed by atoms with Gasteiger partial charge in [-0.25, -0.2) is 0 Å². The van der Waals surface area contributed by atoms with Gasteiger partial charge in [0, 0.05) is 38.0 Å². The lowest BCUT2D eigenvalue weighted by atomic mass is 10.1. The van der Waals surface area contributed by atoms with E-state index in [0.717, 1.165) is 24.6 Å². The number of aromatic nitrogens is 2. The number of amides is 3. The van der Waals surface area contributed by atoms with Crippen molar-refractivity contribution in [3.05, 3.63) is 70.0 Å². The molecule has 3 amide bonds. The van der Waals surface area contributed by atoms with Gasteiger partial charge in [-0.2, -0.15) is 23.5 Å². The number of rotatable bonds is 5. The van der Waals surface area contributed by atoms with E-state index in [-0.39, 0.29) is 47.4 Å². The Bertz CT molecular complexity index is 1500. The summed E-state index contributed by atoms with van der Waals surface area (Å²) < 4.78 is 45.5. The molecular weight excluding hydrogens is 593 g/mol. The van der Waals surface area contributed by atoms with Gasteiger partial charge in [-0.15, -0.1) is 0 Å². The number of hydrogen-bond acceptors (Lipinski definition) is 7. The van der Waals surface area contributed by atoms with E-state index in [1.165, 1.54) is 46.0 Å². The summed E-state index contributed by atoms with van der Waals surface area (Å²) in [5, 5.41) is 23.5. The average molecular weight is 623 g/mol. The molecule has 0 unspecified atom stereocenters. The first kappa shape index (κ1) is 34.6. The highest BCUT2D eigenvalue weighted by molar-refractivity contribution is 6.31. The number of nitrogens with one attached hydrogen (secondary N) is 1. The molecule has 0 spiro atoms. The molecule has 2 heterocycles. The van der Waals surface area contributed by atoms with Gasteiger partial charge in [-0.1, -0.05) is 11.6 Å². The van der Waals surface area contributed by atoms with E-state index in [9.17, 15) is 32.8 Å². The molecule has 1 aliphatic heterocycles. The average Bonchev–Trinajstić information content (AvgIpc) is 3.35. The zero-order valence-corrected chi connectivity index (χ0v) is 24.7. The number of fused-ring (bicyclic) bond motifs is 1. The summed E-state index contributed by atoms with van der Waals surface area (Å²) in [6.45, 7) is 3.84. The molecule has 3 aromatic rings. The first-order chi connectivity index (χ1) is 20.1. The second-order valence-corrected chi connectivity index (χ2v) is 9.80. The van der Waals surface area contributed by atoms with Crippen LogP contribution in [0.1, 0.15) is 45.8 Å². The van der Waals surface area contributed by atoms with Crippen LogP contribution in [0.3, 0.4) is 0 Å². The number of carbonyl (C=O) groups excluding carboxylic acids is 3. The van der Waals surface area contributed by atoms with Crippen LogP contribution in [0, 0.1) is 11.3 Å². The van der Waals surface area contributed by atoms with Crippen LogP contribution >= 0.6 is 11.6 Å². The maximum Gasteiger partial charge on any atom is 0.417 e. The molecule has 43 heavy (non-hydrogen) atoms. The van der Waals surface area contributed by atoms with E-state index < -0.39 is 28.6 Å². The van der Waals surface area contributed by atoms with Gasteiger partial charge in [0.1, 0.15) is 17.5 Å². The molecule has 11 nitrogen and oxygen atoms in total. The van der Waals surface area contributed by atoms with Crippen LogP contribution in [-0.4, -0.2) is 71.9 Å². The fraction of sp³-hybridized carbons (Fsp3) is 0.321. The van der Waals surface area contributed by atoms with Crippen molar-refractivity contribution < 1.29 is 37.4 Å². The van der Waals surface area contributed by atoms with Crippen LogP contribution < -0.4 is 15.0 Å². The van der Waals surface area contributed by atoms with Crippen LogP contribution in [0.5, 0.6) is 5.75 Å². The summed E-state index contributed by atoms with van der Waals surface area (Å²) >= 11 is 5.81. The standard InChI is InChI=1S/C22H15ClF3N5O3.C3H7NO.C3H8O/c1-34-18-5-2-12(8-13(18)10-27)20(32)29-17-11-28-31-7-6-30(21(33)19(17)31)14-3-4-15(16(23)9-14)22(24,25)26;1-4(2)3-5;1-3(2)4/h2-5,8-9,11H,6-7H2,1H3,(H,29,32);3H,1-2H3;3-4H,1-2H3. The number of ether oxygens (including phenoxy) is 1. The minimum atomic E-state index is -4.62. The molecule has 0 aliphatic carbocycles. The largest absolute Gasteiger partial charge is 0.495 e. The fourth-order valence-corrected chi connectivity index (χ4v) is 3.86. The lowest BCUT2D eigenvalue weighted by molar-refractivity contribution is -0.137. The Morgan fingerprint density at radius 2 is 1.86 bits per heavy atom. The van der Waals surface area contributed by atoms with Crippen molar-refractivity contribution in [1.82, 2.24) is 14.7 Å². The number of benzene rings is 2. The van der Waals surface area contributed by atoms with Crippen molar-refractivity contribution in [3.63, 3.8) is 0 Å². The third kappa shape index (κ3) is 9.19. The highest BCUT2D eigenvalue weighted by atomic mass is 35.5. The third-order valence-corrected chi connectivity index (χ3v) is 5.75. The van der Waals surface area contributed by atoms with Gasteiger partial charge in [0.05, 0.1) is 41.7 Å². The summed E-state index contributed by atoms with van der Waals surface area (Å²) in [6.07, 6.45) is -2.73. The Balaban J connectivity index is 0.000000630. The normalized spacial score (nSPS) is 12.1. The summed E-state index contributed by atoms with van der Waals surface area (Å²) in [5.74, 6) is -0.845. The van der Waals surface area contributed by atoms with Gasteiger partial charge in [-0.05, 0) is 50.2 Å². The van der Waals surface area contributed by atoms with Gasteiger partial charge in [0.2, 0.25) is 6.41 Å². The van der Waals surface area contributed by atoms with E-state index >= 15 is 0 Å². The quantitative estimate of drug-likeness (QED) is 0.401. The van der Waals surface area contributed by atoms with Crippen LogP contribution in [0.25, 0.3) is 0 Å². The molecule has 4 rings (SSSR count). The van der Waals surface area contributed by atoms with Crippen LogP contribution in [0.2, 0.25) is 5.02 Å². The Labute approximate surface area is 251 Å². The molecule has 2 aromatic carbocycles. The van der Waals surface area contributed by atoms with E-state index in [1.807, 2.05) is 6.07 Å². The summed E-state index contributed by atoms with van der Waals surface area (Å²) in [5.41, 5.74) is -0.324. The Morgan fingerprint density at radius 1 is 1.23 bits per heavy atom. The van der Waals surface area contributed by atoms with E-state index in [0.29, 0.717) is 5.75 Å². The number of aliphatic hydroxyl groups excluding tert-OH is 1. The van der Waals surface area contributed by atoms with Crippen molar-refractivity contribution in [2.24, 2.45) is 0 Å². The predicted molar refractivity (Wildman–Crippen MR) is 153 cm³/mol. The number of anilines is 2. The first-order valence-corrected chi connectivity index (χ1v) is 13.0. The van der Waals surface area contributed by atoms with Gasteiger partial charge in [0.25, 0.3) is 11.8 Å². The SMILES string of the molecule is CC(C)O.CN(C)C=O.COc1ccc(C(=O)Nc2cnn3c2C(=O)N(c2ccc(C(F)(F)F)c(Cl)c2)CC3)cc1C#N. The number of alkyl halides is 3. The Morgan fingerprint density at radius 3 is 2.37 bits per heavy atom. The Kier molecular flexibility index (Phi) is 12.1. The second kappa shape index (κ2) is 15.0. The first-order valence-electron chi connectivity index (χ1n) is 12.6. The topological polar surface area (TPSA) is 141 Å². The highest BCUT2D eigenvalue weighted by Gasteiger charge is 2.35. The smallest absolute Gasteiger partial charge is 0.417 e. The molecule has 0 fully saturated rings. The lowest BCUT2D eigenvalue weighted by Crippen LogP contribution is -2.41. The zero-order chi connectivity index (χ0) is 32.5. The van der Waals surface area contributed by atoms with Crippen molar-refractivity contribution in [2.75, 3.05) is 38.0 Å². The second-order valence-electron chi connectivity index (χ2n) is 9.39. The molecular formula is C28H30ClF3N6O5. The number of aliphatic hydroxyl groups is 1. The van der Waals surface area contributed by atoms with E-state index in [4.69, 9.17) is 21.4 Å². The van der Waals surface area contributed by atoms with E-state index in [2.05, 4.69) is 10.4 Å². The summed E-state index contributed by atoms with van der Waals surface area (Å²) in [7, 11) is 4.77. The zero-order valence-electron chi connectivity index (χ0n) is 23.9. The molecule has 2 N–H and O–H groups in total. The van der Waals surface area contributed by atoms with Crippen molar-refractivity contribution in [3.8, 4) is 11.8 Å². The van der Waals surface area contributed by atoms with Gasteiger partial charge in [-0.3, -0.25) is 19.1 Å². The monoisotopic (exact) mass is 622 g/mol. The predicted octanol–water partition coefficient (Wildman–Crippen LogP) is 4.44. The van der Waals surface area contributed by atoms with Crippen LogP contribution in [0.4, 0.5) is 24.5 Å². The molecule has 1 aromatic heterocycles. The fourth-order valence-electron chi connectivity index (χ4n) is 3.58. The molecule has 0 saturated carbocycles. The van der Waals surface area contributed by atoms with Crippen molar-refractivity contribution in [2.45, 2.75) is 32.7 Å². The summed E-state index contributed by atoms with van der Waals surface area (Å²) in [4.78, 5) is 38.1. The van der Waals surface area contributed by atoms with Crippen LogP contribution in [-0.2, 0) is 17.5 Å². The minimum absolute atomic E-state index is 0.0599. The molecule has 230 valence electrons. The number of hydrogen-bond donors (Lipinski definition) is 2. The maximum atomic E-state index is 13.2. The van der Waals surface area contributed by atoms with Gasteiger partial charge < -0.3 is 25.0 Å². The Hall–Kier alpha value is -4.61. The molecule has 0 radical (unpaired) electrons.